The summed E-state index contributed by atoms with van der Waals surface area (Å²) in [7, 11) is 2.21. The number of aromatic nitrogens is 1. The molecule has 2 nitrogen and oxygen atoms in total. The number of hydrogen-bond donors (Lipinski definition) is 1. The number of piperidine rings is 1. The van der Waals surface area contributed by atoms with Gasteiger partial charge >= 0.3 is 0 Å². The lowest BCUT2D eigenvalue weighted by Gasteiger charge is -2.24. The van der Waals surface area contributed by atoms with Crippen molar-refractivity contribution in [1.29, 1.82) is 0 Å². The molecule has 1 aliphatic rings. The molecule has 1 aromatic heterocycles. The molecule has 0 spiro atoms. The van der Waals surface area contributed by atoms with Crippen LogP contribution in [-0.2, 0) is 7.05 Å². The molecule has 2 heteroatoms. The Bertz CT molecular complexity index is 494. The van der Waals surface area contributed by atoms with Gasteiger partial charge in [0, 0.05) is 36.1 Å². The van der Waals surface area contributed by atoms with Gasteiger partial charge in [-0.2, -0.15) is 0 Å². The van der Waals surface area contributed by atoms with Crippen molar-refractivity contribution in [2.45, 2.75) is 25.7 Å². The SMILES string of the molecule is Cc1c(C2CCCNC2)n(C)c2ccccc12. The summed E-state index contributed by atoms with van der Waals surface area (Å²) in [5.41, 5.74) is 4.36. The van der Waals surface area contributed by atoms with Gasteiger partial charge in [0.05, 0.1) is 0 Å². The van der Waals surface area contributed by atoms with E-state index in [1.54, 1.807) is 0 Å². The lowest BCUT2D eigenvalue weighted by Crippen LogP contribution is -2.29. The first kappa shape index (κ1) is 10.8. The molecule has 0 aliphatic carbocycles. The van der Waals surface area contributed by atoms with Crippen LogP contribution in [0.25, 0.3) is 10.9 Å². The molecular formula is C15H20N2. The van der Waals surface area contributed by atoms with E-state index in [9.17, 15) is 0 Å². The zero-order valence-electron chi connectivity index (χ0n) is 10.7. The highest BCUT2D eigenvalue weighted by atomic mass is 15.0. The standard InChI is InChI=1S/C15H20N2/c1-11-13-7-3-4-8-14(13)17(2)15(11)12-6-5-9-16-10-12/h3-4,7-8,12,16H,5-6,9-10H2,1-2H3. The third-order valence-corrected chi connectivity index (χ3v) is 4.10. The first-order valence-electron chi connectivity index (χ1n) is 6.53. The lowest BCUT2D eigenvalue weighted by molar-refractivity contribution is 0.447. The maximum Gasteiger partial charge on any atom is 0.0482 e. The third-order valence-electron chi connectivity index (χ3n) is 4.10. The predicted molar refractivity (Wildman–Crippen MR) is 72.5 cm³/mol. The smallest absolute Gasteiger partial charge is 0.0482 e. The lowest BCUT2D eigenvalue weighted by atomic mass is 9.93. The molecule has 1 aromatic carbocycles. The Labute approximate surface area is 103 Å². The summed E-state index contributed by atoms with van der Waals surface area (Å²) in [6, 6.07) is 8.73. The van der Waals surface area contributed by atoms with Crippen molar-refractivity contribution in [3.8, 4) is 0 Å². The summed E-state index contributed by atoms with van der Waals surface area (Å²) >= 11 is 0. The molecule has 1 unspecified atom stereocenters. The van der Waals surface area contributed by atoms with Crippen LogP contribution < -0.4 is 5.32 Å². The fraction of sp³-hybridized carbons (Fsp3) is 0.467. The zero-order valence-corrected chi connectivity index (χ0v) is 10.7. The van der Waals surface area contributed by atoms with Crippen LogP contribution >= 0.6 is 0 Å². The van der Waals surface area contributed by atoms with Crippen molar-refractivity contribution in [2.24, 2.45) is 7.05 Å². The van der Waals surface area contributed by atoms with Gasteiger partial charge in [0.1, 0.15) is 0 Å². The molecule has 0 bridgehead atoms. The first-order valence-corrected chi connectivity index (χ1v) is 6.53. The second kappa shape index (κ2) is 4.19. The van der Waals surface area contributed by atoms with Gasteiger partial charge in [0.15, 0.2) is 0 Å². The van der Waals surface area contributed by atoms with Gasteiger partial charge in [-0.15, -0.1) is 0 Å². The van der Waals surface area contributed by atoms with Crippen molar-refractivity contribution in [1.82, 2.24) is 9.88 Å². The number of para-hydroxylation sites is 1. The fourth-order valence-corrected chi connectivity index (χ4v) is 3.27. The predicted octanol–water partition coefficient (Wildman–Crippen LogP) is 2.95. The number of hydrogen-bond acceptors (Lipinski definition) is 1. The van der Waals surface area contributed by atoms with Gasteiger partial charge in [-0.05, 0) is 37.9 Å². The van der Waals surface area contributed by atoms with E-state index in [1.807, 2.05) is 0 Å². The molecule has 17 heavy (non-hydrogen) atoms. The normalized spacial score (nSPS) is 20.9. The fourth-order valence-electron chi connectivity index (χ4n) is 3.27. The van der Waals surface area contributed by atoms with E-state index in [0.29, 0.717) is 5.92 Å². The number of rotatable bonds is 1. The van der Waals surface area contributed by atoms with E-state index in [2.05, 4.69) is 48.1 Å². The Kier molecular flexibility index (Phi) is 2.67. The van der Waals surface area contributed by atoms with E-state index >= 15 is 0 Å². The number of fused-ring (bicyclic) bond motifs is 1. The molecule has 2 aromatic rings. The van der Waals surface area contributed by atoms with Crippen LogP contribution in [0.3, 0.4) is 0 Å². The maximum absolute atomic E-state index is 3.52. The summed E-state index contributed by atoms with van der Waals surface area (Å²) in [5, 5.41) is 4.93. The van der Waals surface area contributed by atoms with E-state index in [4.69, 9.17) is 0 Å². The van der Waals surface area contributed by atoms with Crippen molar-refractivity contribution in [3.63, 3.8) is 0 Å². The zero-order chi connectivity index (χ0) is 11.8. The molecule has 3 rings (SSSR count). The molecular weight excluding hydrogens is 208 g/mol. The Balaban J connectivity index is 2.15. The summed E-state index contributed by atoms with van der Waals surface area (Å²) in [4.78, 5) is 0. The van der Waals surface area contributed by atoms with Crippen LogP contribution in [0.1, 0.15) is 30.0 Å². The van der Waals surface area contributed by atoms with Crippen LogP contribution in [0.15, 0.2) is 24.3 Å². The van der Waals surface area contributed by atoms with Gasteiger partial charge in [-0.3, -0.25) is 0 Å². The highest BCUT2D eigenvalue weighted by Crippen LogP contribution is 2.32. The molecule has 90 valence electrons. The molecule has 0 saturated carbocycles. The Hall–Kier alpha value is -1.28. The van der Waals surface area contributed by atoms with Gasteiger partial charge in [-0.25, -0.2) is 0 Å². The Morgan fingerprint density at radius 2 is 2.12 bits per heavy atom. The van der Waals surface area contributed by atoms with E-state index in [0.717, 1.165) is 6.54 Å². The molecule has 1 fully saturated rings. The third kappa shape index (κ3) is 1.67. The minimum atomic E-state index is 0.682. The summed E-state index contributed by atoms with van der Waals surface area (Å²) in [6.07, 6.45) is 2.61. The molecule has 2 heterocycles. The molecule has 1 atom stereocenters. The first-order chi connectivity index (χ1) is 8.29. The van der Waals surface area contributed by atoms with E-state index in [-0.39, 0.29) is 0 Å². The second-order valence-corrected chi connectivity index (χ2v) is 5.13. The van der Waals surface area contributed by atoms with E-state index in [1.165, 1.54) is 41.5 Å². The Morgan fingerprint density at radius 3 is 2.82 bits per heavy atom. The maximum atomic E-state index is 3.52. The van der Waals surface area contributed by atoms with Crippen molar-refractivity contribution in [2.75, 3.05) is 13.1 Å². The van der Waals surface area contributed by atoms with Crippen molar-refractivity contribution in [3.05, 3.63) is 35.5 Å². The van der Waals surface area contributed by atoms with Crippen LogP contribution in [0.2, 0.25) is 0 Å². The van der Waals surface area contributed by atoms with Crippen LogP contribution in [0.4, 0.5) is 0 Å². The Morgan fingerprint density at radius 1 is 1.29 bits per heavy atom. The average molecular weight is 228 g/mol. The van der Waals surface area contributed by atoms with E-state index < -0.39 is 0 Å². The van der Waals surface area contributed by atoms with Crippen molar-refractivity contribution < 1.29 is 0 Å². The van der Waals surface area contributed by atoms with Gasteiger partial charge in [0.2, 0.25) is 0 Å². The highest BCUT2D eigenvalue weighted by molar-refractivity contribution is 5.85. The van der Waals surface area contributed by atoms with Gasteiger partial charge in [0.25, 0.3) is 0 Å². The molecule has 1 aliphatic heterocycles. The summed E-state index contributed by atoms with van der Waals surface area (Å²) in [5.74, 6) is 0.682. The monoisotopic (exact) mass is 228 g/mol. The number of aryl methyl sites for hydroxylation is 2. The summed E-state index contributed by atoms with van der Waals surface area (Å²) in [6.45, 7) is 4.58. The highest BCUT2D eigenvalue weighted by Gasteiger charge is 2.21. The molecule has 0 amide bonds. The number of nitrogens with one attached hydrogen (secondary N) is 1. The number of nitrogens with zero attached hydrogens (tertiary/aromatic N) is 1. The van der Waals surface area contributed by atoms with Crippen molar-refractivity contribution >= 4 is 10.9 Å². The van der Waals surface area contributed by atoms with Crippen LogP contribution in [0.5, 0.6) is 0 Å². The quantitative estimate of drug-likeness (QED) is 0.794. The molecule has 1 saturated heterocycles. The second-order valence-electron chi connectivity index (χ2n) is 5.13. The molecule has 1 N–H and O–H groups in total. The average Bonchev–Trinajstić information content (AvgIpc) is 2.64. The minimum Gasteiger partial charge on any atom is -0.347 e. The van der Waals surface area contributed by atoms with Crippen LogP contribution in [0, 0.1) is 6.92 Å². The van der Waals surface area contributed by atoms with Gasteiger partial charge < -0.3 is 9.88 Å². The number of benzene rings is 1. The van der Waals surface area contributed by atoms with Crippen LogP contribution in [-0.4, -0.2) is 17.7 Å². The summed E-state index contributed by atoms with van der Waals surface area (Å²) < 4.78 is 2.39. The largest absolute Gasteiger partial charge is 0.347 e. The minimum absolute atomic E-state index is 0.682. The molecule has 0 radical (unpaired) electrons. The topological polar surface area (TPSA) is 17.0 Å². The van der Waals surface area contributed by atoms with Gasteiger partial charge in [-0.1, -0.05) is 18.2 Å².